The lowest BCUT2D eigenvalue weighted by molar-refractivity contribution is 0.0585. The van der Waals surface area contributed by atoms with Crippen molar-refractivity contribution in [1.29, 1.82) is 0 Å². The van der Waals surface area contributed by atoms with Crippen molar-refractivity contribution in [1.82, 2.24) is 4.90 Å². The number of aromatic hydroxyl groups is 1. The zero-order valence-electron chi connectivity index (χ0n) is 11.1. The normalized spacial score (nSPS) is 14.8. The zero-order chi connectivity index (χ0) is 13.8. The Hall–Kier alpha value is -1.75. The van der Waals surface area contributed by atoms with E-state index in [1.165, 1.54) is 7.11 Å². The van der Waals surface area contributed by atoms with Gasteiger partial charge in [0, 0.05) is 19.1 Å². The molecule has 1 aromatic rings. The van der Waals surface area contributed by atoms with E-state index in [4.69, 9.17) is 10.5 Å². The van der Waals surface area contributed by atoms with E-state index in [2.05, 4.69) is 0 Å². The van der Waals surface area contributed by atoms with Crippen molar-refractivity contribution < 1.29 is 14.6 Å². The van der Waals surface area contributed by atoms with Crippen LogP contribution in [-0.4, -0.2) is 42.2 Å². The van der Waals surface area contributed by atoms with Crippen molar-refractivity contribution in [2.75, 3.05) is 20.2 Å². The number of methoxy groups -OCH3 is 1. The van der Waals surface area contributed by atoms with Gasteiger partial charge in [-0.2, -0.15) is 0 Å². The number of carbonyl (C=O) groups is 1. The van der Waals surface area contributed by atoms with E-state index in [1.807, 2.05) is 0 Å². The number of phenolic OH excluding ortho intramolecular Hbond substituents is 1. The van der Waals surface area contributed by atoms with Crippen molar-refractivity contribution in [3.63, 3.8) is 0 Å². The predicted molar refractivity (Wildman–Crippen MR) is 72.4 cm³/mol. The number of ether oxygens (including phenoxy) is 1. The molecule has 1 fully saturated rings. The Balaban J connectivity index is 2.25. The molecule has 0 heterocycles. The Bertz CT molecular complexity index is 458. The topological polar surface area (TPSA) is 75.8 Å². The fourth-order valence-electron chi connectivity index (χ4n) is 2.30. The summed E-state index contributed by atoms with van der Waals surface area (Å²) in [4.78, 5) is 14.3. The third-order valence-electron chi connectivity index (χ3n) is 3.60. The van der Waals surface area contributed by atoms with Crippen LogP contribution in [0.1, 0.15) is 29.6 Å². The van der Waals surface area contributed by atoms with Gasteiger partial charge in [-0.15, -0.1) is 0 Å². The molecule has 1 aromatic carbocycles. The van der Waals surface area contributed by atoms with E-state index >= 15 is 0 Å². The Labute approximate surface area is 113 Å². The molecule has 5 heteroatoms. The van der Waals surface area contributed by atoms with Crippen LogP contribution in [0.5, 0.6) is 11.5 Å². The van der Waals surface area contributed by atoms with Gasteiger partial charge in [0.15, 0.2) is 11.5 Å². The maximum Gasteiger partial charge on any atom is 0.258 e. The first-order chi connectivity index (χ1) is 9.19. The van der Waals surface area contributed by atoms with Crippen molar-refractivity contribution in [3.8, 4) is 11.5 Å². The van der Waals surface area contributed by atoms with Gasteiger partial charge in [-0.05, 0) is 31.4 Å². The largest absolute Gasteiger partial charge is 0.504 e. The van der Waals surface area contributed by atoms with E-state index < -0.39 is 0 Å². The van der Waals surface area contributed by atoms with Crippen LogP contribution in [-0.2, 0) is 0 Å². The molecule has 0 unspecified atom stereocenters. The van der Waals surface area contributed by atoms with Gasteiger partial charge < -0.3 is 20.5 Å². The number of carbonyl (C=O) groups excluding carboxylic acids is 1. The summed E-state index contributed by atoms with van der Waals surface area (Å²) in [7, 11) is 1.47. The molecule has 1 amide bonds. The lowest BCUT2D eigenvalue weighted by Gasteiger charge is -2.37. The van der Waals surface area contributed by atoms with E-state index in [1.54, 1.807) is 23.1 Å². The van der Waals surface area contributed by atoms with E-state index in [0.717, 1.165) is 19.3 Å². The first kappa shape index (κ1) is 13.7. The fourth-order valence-corrected chi connectivity index (χ4v) is 2.30. The fraction of sp³-hybridized carbons (Fsp3) is 0.500. The Kier molecular flexibility index (Phi) is 4.27. The Morgan fingerprint density at radius 3 is 2.79 bits per heavy atom. The Morgan fingerprint density at radius 1 is 1.53 bits per heavy atom. The lowest BCUT2D eigenvalue weighted by atomic mass is 9.91. The quantitative estimate of drug-likeness (QED) is 0.842. The minimum atomic E-state index is -0.174. The summed E-state index contributed by atoms with van der Waals surface area (Å²) in [5, 5.41) is 10.0. The number of benzene rings is 1. The van der Waals surface area contributed by atoms with Crippen molar-refractivity contribution >= 4 is 5.91 Å². The summed E-state index contributed by atoms with van der Waals surface area (Å²) in [5.41, 5.74) is 5.85. The van der Waals surface area contributed by atoms with Gasteiger partial charge in [0.2, 0.25) is 0 Å². The SMILES string of the molecule is COc1cccc(C(=O)N(CCN)C2CCC2)c1O. The minimum absolute atomic E-state index is 0.101. The second kappa shape index (κ2) is 5.93. The number of para-hydroxylation sites is 1. The molecule has 5 nitrogen and oxygen atoms in total. The van der Waals surface area contributed by atoms with E-state index in [9.17, 15) is 9.90 Å². The molecular weight excluding hydrogens is 244 g/mol. The molecule has 0 atom stereocenters. The highest BCUT2D eigenvalue weighted by Crippen LogP contribution is 2.32. The second-order valence-corrected chi connectivity index (χ2v) is 4.73. The highest BCUT2D eigenvalue weighted by Gasteiger charge is 2.30. The maximum absolute atomic E-state index is 12.5. The smallest absolute Gasteiger partial charge is 0.258 e. The molecule has 0 aromatic heterocycles. The molecule has 0 radical (unpaired) electrons. The number of rotatable bonds is 5. The average Bonchev–Trinajstić information content (AvgIpc) is 2.35. The van der Waals surface area contributed by atoms with Gasteiger partial charge in [0.25, 0.3) is 5.91 Å². The zero-order valence-corrected chi connectivity index (χ0v) is 11.1. The van der Waals surface area contributed by atoms with Gasteiger partial charge >= 0.3 is 0 Å². The number of nitrogens with two attached hydrogens (primary N) is 1. The standard InChI is InChI=1S/C14H20N2O3/c1-19-12-7-3-6-11(13(12)17)14(18)16(9-8-15)10-4-2-5-10/h3,6-7,10,17H,2,4-5,8-9,15H2,1H3. The summed E-state index contributed by atoms with van der Waals surface area (Å²) in [6.45, 7) is 0.938. The predicted octanol–water partition coefficient (Wildman–Crippen LogP) is 1.35. The van der Waals surface area contributed by atoms with Gasteiger partial charge in [-0.3, -0.25) is 4.79 Å². The molecule has 3 N–H and O–H groups in total. The van der Waals surface area contributed by atoms with Gasteiger partial charge in [-0.1, -0.05) is 6.07 Å². The maximum atomic E-state index is 12.5. The van der Waals surface area contributed by atoms with Crippen LogP contribution in [0, 0.1) is 0 Å². The molecule has 1 aliphatic carbocycles. The summed E-state index contributed by atoms with van der Waals surface area (Å²) in [5.74, 6) is 0.0371. The first-order valence-corrected chi connectivity index (χ1v) is 6.56. The van der Waals surface area contributed by atoms with Crippen molar-refractivity contribution in [2.45, 2.75) is 25.3 Å². The summed E-state index contributed by atoms with van der Waals surface area (Å²) >= 11 is 0. The van der Waals surface area contributed by atoms with Crippen LogP contribution in [0.3, 0.4) is 0 Å². The molecular formula is C14H20N2O3. The molecule has 0 bridgehead atoms. The molecule has 1 aliphatic rings. The summed E-state index contributed by atoms with van der Waals surface area (Å²) < 4.78 is 5.03. The second-order valence-electron chi connectivity index (χ2n) is 4.73. The summed E-state index contributed by atoms with van der Waals surface area (Å²) in [6.07, 6.45) is 3.16. The molecule has 104 valence electrons. The van der Waals surface area contributed by atoms with E-state index in [0.29, 0.717) is 18.8 Å². The monoisotopic (exact) mass is 264 g/mol. The van der Waals surface area contributed by atoms with Crippen LogP contribution in [0.25, 0.3) is 0 Å². The van der Waals surface area contributed by atoms with Crippen LogP contribution < -0.4 is 10.5 Å². The minimum Gasteiger partial charge on any atom is -0.504 e. The average molecular weight is 264 g/mol. The summed E-state index contributed by atoms with van der Waals surface area (Å²) in [6, 6.07) is 5.19. The number of amides is 1. The number of hydrogen-bond acceptors (Lipinski definition) is 4. The highest BCUT2D eigenvalue weighted by molar-refractivity contribution is 5.97. The van der Waals surface area contributed by atoms with Crippen LogP contribution in [0.2, 0.25) is 0 Å². The van der Waals surface area contributed by atoms with E-state index in [-0.39, 0.29) is 23.3 Å². The number of nitrogens with zero attached hydrogens (tertiary/aromatic N) is 1. The Morgan fingerprint density at radius 2 is 2.26 bits per heavy atom. The van der Waals surface area contributed by atoms with Crippen molar-refractivity contribution in [2.24, 2.45) is 5.73 Å². The van der Waals surface area contributed by atoms with Crippen LogP contribution >= 0.6 is 0 Å². The van der Waals surface area contributed by atoms with Gasteiger partial charge in [-0.25, -0.2) is 0 Å². The highest BCUT2D eigenvalue weighted by atomic mass is 16.5. The van der Waals surface area contributed by atoms with Crippen LogP contribution in [0.15, 0.2) is 18.2 Å². The molecule has 2 rings (SSSR count). The third kappa shape index (κ3) is 2.66. The molecule has 19 heavy (non-hydrogen) atoms. The first-order valence-electron chi connectivity index (χ1n) is 6.56. The molecule has 0 aliphatic heterocycles. The van der Waals surface area contributed by atoms with Gasteiger partial charge in [0.05, 0.1) is 12.7 Å². The molecule has 1 saturated carbocycles. The number of hydrogen-bond donors (Lipinski definition) is 2. The van der Waals surface area contributed by atoms with Gasteiger partial charge in [0.1, 0.15) is 0 Å². The molecule has 0 saturated heterocycles. The number of phenols is 1. The van der Waals surface area contributed by atoms with Crippen molar-refractivity contribution in [3.05, 3.63) is 23.8 Å². The van der Waals surface area contributed by atoms with Crippen LogP contribution in [0.4, 0.5) is 0 Å². The third-order valence-corrected chi connectivity index (χ3v) is 3.60. The lowest BCUT2D eigenvalue weighted by Crippen LogP contribution is -2.46. The molecule has 0 spiro atoms.